The van der Waals surface area contributed by atoms with E-state index in [0.29, 0.717) is 0 Å². The maximum atomic E-state index is 5.73. The third-order valence-electron chi connectivity index (χ3n) is 3.96. The van der Waals surface area contributed by atoms with Crippen LogP contribution in [-0.4, -0.2) is 6.54 Å². The lowest BCUT2D eigenvalue weighted by atomic mass is 9.80. The van der Waals surface area contributed by atoms with E-state index in [0.717, 1.165) is 30.2 Å². The smallest absolute Gasteiger partial charge is 0.00462 e. The Bertz CT molecular complexity index is 142. The van der Waals surface area contributed by atoms with Gasteiger partial charge in [0.05, 0.1) is 0 Å². The van der Waals surface area contributed by atoms with Gasteiger partial charge in [-0.1, -0.05) is 6.92 Å². The van der Waals surface area contributed by atoms with E-state index in [1.807, 2.05) is 0 Å². The third-order valence-corrected chi connectivity index (χ3v) is 3.96. The highest BCUT2D eigenvalue weighted by Crippen LogP contribution is 2.48. The largest absolute Gasteiger partial charge is 0.330 e. The predicted octanol–water partition coefficient (Wildman–Crippen LogP) is 2.02. The third kappa shape index (κ3) is 1.20. The summed E-state index contributed by atoms with van der Waals surface area (Å²) in [7, 11) is 0. The van der Waals surface area contributed by atoms with E-state index in [1.54, 1.807) is 0 Å². The second-order valence-corrected chi connectivity index (χ2v) is 4.54. The Kier molecular flexibility index (Phi) is 1.92. The molecule has 2 aliphatic rings. The molecule has 2 fully saturated rings. The van der Waals surface area contributed by atoms with Gasteiger partial charge in [0.25, 0.3) is 0 Å². The normalized spacial score (nSPS) is 49.6. The van der Waals surface area contributed by atoms with Gasteiger partial charge in [-0.3, -0.25) is 0 Å². The Labute approximate surface area is 69.4 Å². The van der Waals surface area contributed by atoms with Crippen LogP contribution in [0.15, 0.2) is 0 Å². The molecule has 0 spiro atoms. The van der Waals surface area contributed by atoms with Crippen molar-refractivity contribution in [2.75, 3.05) is 6.54 Å². The van der Waals surface area contributed by atoms with Crippen LogP contribution in [-0.2, 0) is 0 Å². The van der Waals surface area contributed by atoms with Crippen molar-refractivity contribution in [3.63, 3.8) is 0 Å². The first-order chi connectivity index (χ1) is 5.31. The highest BCUT2D eigenvalue weighted by Gasteiger charge is 2.39. The van der Waals surface area contributed by atoms with Crippen molar-refractivity contribution in [1.82, 2.24) is 0 Å². The molecule has 0 aromatic rings. The molecule has 0 saturated heterocycles. The van der Waals surface area contributed by atoms with E-state index >= 15 is 0 Å². The van der Waals surface area contributed by atoms with Gasteiger partial charge in [0, 0.05) is 0 Å². The van der Waals surface area contributed by atoms with Crippen LogP contribution in [0, 0.1) is 23.7 Å². The van der Waals surface area contributed by atoms with Gasteiger partial charge < -0.3 is 5.73 Å². The molecule has 0 aliphatic heterocycles. The topological polar surface area (TPSA) is 26.0 Å². The zero-order chi connectivity index (χ0) is 7.84. The van der Waals surface area contributed by atoms with Crippen LogP contribution in [0.2, 0.25) is 0 Å². The zero-order valence-corrected chi connectivity index (χ0v) is 7.42. The number of hydrogen-bond acceptors (Lipinski definition) is 1. The Hall–Kier alpha value is -0.0400. The molecule has 3 unspecified atom stereocenters. The average molecular weight is 153 g/mol. The van der Waals surface area contributed by atoms with Crippen molar-refractivity contribution in [3.05, 3.63) is 0 Å². The molecule has 0 radical (unpaired) electrons. The molecular weight excluding hydrogens is 134 g/mol. The Morgan fingerprint density at radius 3 is 2.73 bits per heavy atom. The summed E-state index contributed by atoms with van der Waals surface area (Å²) >= 11 is 0. The molecule has 1 nitrogen and oxygen atoms in total. The lowest BCUT2D eigenvalue weighted by Gasteiger charge is -2.27. The van der Waals surface area contributed by atoms with Crippen molar-refractivity contribution < 1.29 is 0 Å². The molecule has 4 atom stereocenters. The van der Waals surface area contributed by atoms with E-state index in [1.165, 1.54) is 25.7 Å². The van der Waals surface area contributed by atoms with Crippen molar-refractivity contribution in [1.29, 1.82) is 0 Å². The van der Waals surface area contributed by atoms with E-state index in [-0.39, 0.29) is 0 Å². The minimum atomic E-state index is 0.871. The summed E-state index contributed by atoms with van der Waals surface area (Å²) < 4.78 is 0. The lowest BCUT2D eigenvalue weighted by molar-refractivity contribution is 0.247. The van der Waals surface area contributed by atoms with Gasteiger partial charge in [0.1, 0.15) is 0 Å². The van der Waals surface area contributed by atoms with Gasteiger partial charge in [-0.2, -0.15) is 0 Å². The van der Waals surface area contributed by atoms with Crippen LogP contribution in [0.25, 0.3) is 0 Å². The number of nitrogens with two attached hydrogens (primary N) is 1. The second-order valence-electron chi connectivity index (χ2n) is 4.54. The summed E-state index contributed by atoms with van der Waals surface area (Å²) in [5, 5.41) is 0. The van der Waals surface area contributed by atoms with Gasteiger partial charge in [0.2, 0.25) is 0 Å². The molecule has 2 saturated carbocycles. The molecule has 2 bridgehead atoms. The van der Waals surface area contributed by atoms with Gasteiger partial charge in [-0.25, -0.2) is 0 Å². The summed E-state index contributed by atoms with van der Waals surface area (Å²) in [6.45, 7) is 3.35. The SMILES string of the molecule is C[C@H]1CC2CC1CCC2CN. The summed E-state index contributed by atoms with van der Waals surface area (Å²) in [6, 6.07) is 0. The first kappa shape index (κ1) is 7.60. The van der Waals surface area contributed by atoms with Crippen LogP contribution >= 0.6 is 0 Å². The molecule has 2 rings (SSSR count). The molecule has 11 heavy (non-hydrogen) atoms. The molecule has 1 heteroatoms. The number of fused-ring (bicyclic) bond motifs is 2. The van der Waals surface area contributed by atoms with Crippen LogP contribution in [0.3, 0.4) is 0 Å². The van der Waals surface area contributed by atoms with Gasteiger partial charge in [-0.05, 0) is 55.9 Å². The van der Waals surface area contributed by atoms with Crippen molar-refractivity contribution in [2.45, 2.75) is 32.6 Å². The van der Waals surface area contributed by atoms with Crippen LogP contribution in [0.4, 0.5) is 0 Å². The van der Waals surface area contributed by atoms with Crippen LogP contribution < -0.4 is 5.73 Å². The summed E-state index contributed by atoms with van der Waals surface area (Å²) in [4.78, 5) is 0. The molecule has 2 aliphatic carbocycles. The number of rotatable bonds is 1. The molecule has 2 N–H and O–H groups in total. The Morgan fingerprint density at radius 2 is 2.00 bits per heavy atom. The minimum Gasteiger partial charge on any atom is -0.330 e. The average Bonchev–Trinajstić information content (AvgIpc) is 2.30. The summed E-state index contributed by atoms with van der Waals surface area (Å²) in [6.07, 6.45) is 5.82. The Balaban J connectivity index is 2.03. The second kappa shape index (κ2) is 2.78. The summed E-state index contributed by atoms with van der Waals surface area (Å²) in [5.74, 6) is 3.92. The quantitative estimate of drug-likeness (QED) is 0.612. The van der Waals surface area contributed by atoms with Crippen molar-refractivity contribution in [3.8, 4) is 0 Å². The van der Waals surface area contributed by atoms with Crippen molar-refractivity contribution in [2.24, 2.45) is 29.4 Å². The molecule has 0 aromatic heterocycles. The maximum Gasteiger partial charge on any atom is -0.00462 e. The maximum absolute atomic E-state index is 5.73. The summed E-state index contributed by atoms with van der Waals surface area (Å²) in [5.41, 5.74) is 5.73. The first-order valence-corrected chi connectivity index (χ1v) is 5.01. The zero-order valence-electron chi connectivity index (χ0n) is 7.42. The van der Waals surface area contributed by atoms with Crippen molar-refractivity contribution >= 4 is 0 Å². The van der Waals surface area contributed by atoms with Gasteiger partial charge in [-0.15, -0.1) is 0 Å². The highest BCUT2D eigenvalue weighted by molar-refractivity contribution is 4.90. The molecule has 0 aromatic carbocycles. The lowest BCUT2D eigenvalue weighted by Crippen LogP contribution is -2.25. The molecule has 0 amide bonds. The number of hydrogen-bond donors (Lipinski definition) is 1. The van der Waals surface area contributed by atoms with E-state index < -0.39 is 0 Å². The van der Waals surface area contributed by atoms with Gasteiger partial charge >= 0.3 is 0 Å². The minimum absolute atomic E-state index is 0.871. The fourth-order valence-electron chi connectivity index (χ4n) is 3.15. The monoisotopic (exact) mass is 153 g/mol. The molecule has 64 valence electrons. The van der Waals surface area contributed by atoms with E-state index in [4.69, 9.17) is 5.73 Å². The fraction of sp³-hybridized carbons (Fsp3) is 1.00. The first-order valence-electron chi connectivity index (χ1n) is 5.01. The van der Waals surface area contributed by atoms with Crippen LogP contribution in [0.1, 0.15) is 32.6 Å². The van der Waals surface area contributed by atoms with Crippen LogP contribution in [0.5, 0.6) is 0 Å². The Morgan fingerprint density at radius 1 is 1.18 bits per heavy atom. The molecular formula is C10H19N. The fourth-order valence-corrected chi connectivity index (χ4v) is 3.15. The van der Waals surface area contributed by atoms with E-state index in [2.05, 4.69) is 6.92 Å². The molecule has 0 heterocycles. The standard InChI is InChI=1S/C10H19N/c1-7-4-10-5-8(7)2-3-9(10)6-11/h7-10H,2-6,11H2,1H3/t7-,8?,9?,10?/m0/s1. The van der Waals surface area contributed by atoms with E-state index in [9.17, 15) is 0 Å². The predicted molar refractivity (Wildman–Crippen MR) is 47.2 cm³/mol. The highest BCUT2D eigenvalue weighted by atomic mass is 14.6. The van der Waals surface area contributed by atoms with Gasteiger partial charge in [0.15, 0.2) is 0 Å².